The Morgan fingerprint density at radius 2 is 1.52 bits per heavy atom. The molecule has 0 aliphatic heterocycles. The number of nitrogens with zero attached hydrogens (tertiary/aromatic N) is 1. The van der Waals surface area contributed by atoms with Crippen molar-refractivity contribution in [2.24, 2.45) is 4.66 Å². The molecule has 1 aromatic carbocycles. The topological polar surface area (TPSA) is 64.5 Å². The monoisotopic (exact) mass is 314 g/mol. The van der Waals surface area contributed by atoms with E-state index in [4.69, 9.17) is 4.66 Å². The summed E-state index contributed by atoms with van der Waals surface area (Å²) in [7, 11) is -3.36. The third-order valence-electron chi connectivity index (χ3n) is 2.34. The largest absolute Gasteiger partial charge is 1.00 e. The third kappa shape index (κ3) is 7.14. The summed E-state index contributed by atoms with van der Waals surface area (Å²) < 4.78 is 4.80. The average molecular weight is 314 g/mol. The average Bonchev–Trinajstić information content (AvgIpc) is 2.24. The van der Waals surface area contributed by atoms with Crippen LogP contribution in [0.2, 0.25) is 39.3 Å². The molecule has 0 atom stereocenters. The number of benzene rings is 1. The second-order valence-electron chi connectivity index (χ2n) is 6.84. The zero-order valence-electron chi connectivity index (χ0n) is 14.1. The van der Waals surface area contributed by atoms with Crippen molar-refractivity contribution in [3.05, 3.63) is 35.4 Å². The summed E-state index contributed by atoms with van der Waals surface area (Å²) in [5.41, 5.74) is 0.813. The minimum atomic E-state index is -1.73. The Labute approximate surface area is 141 Å². The van der Waals surface area contributed by atoms with Gasteiger partial charge in [0.1, 0.15) is 14.1 Å². The molecule has 0 bridgehead atoms. The number of carbonyl (C=O) groups excluding carboxylic acids is 1. The minimum Gasteiger partial charge on any atom is -0.545 e. The van der Waals surface area contributed by atoms with Crippen LogP contribution >= 0.6 is 0 Å². The first-order valence-corrected chi connectivity index (χ1v) is 13.6. The molecular formula is C14H23LiN2O2Si2. The fourth-order valence-electron chi connectivity index (χ4n) is 1.71. The molecule has 7 heteroatoms. The number of hydrogen-bond acceptors (Lipinski definition) is 3. The number of carboxylic acids is 1. The fourth-order valence-corrected chi connectivity index (χ4v) is 3.57. The minimum absolute atomic E-state index is 0. The zero-order valence-corrected chi connectivity index (χ0v) is 16.1. The quantitative estimate of drug-likeness (QED) is 0.443. The molecule has 1 rings (SSSR count). The van der Waals surface area contributed by atoms with E-state index in [-0.39, 0.29) is 24.4 Å². The third-order valence-corrected chi connectivity index (χ3v) is 4.22. The fraction of sp³-hybridized carbons (Fsp3) is 0.429. The van der Waals surface area contributed by atoms with Crippen molar-refractivity contribution in [1.82, 2.24) is 4.98 Å². The number of carboxylic acid groups (broad SMARTS) is 1. The van der Waals surface area contributed by atoms with Crippen LogP contribution in [0.1, 0.15) is 15.9 Å². The van der Waals surface area contributed by atoms with E-state index in [0.29, 0.717) is 11.4 Å². The van der Waals surface area contributed by atoms with E-state index >= 15 is 0 Å². The molecule has 0 radical (unpaired) electrons. The van der Waals surface area contributed by atoms with E-state index in [9.17, 15) is 9.90 Å². The first-order valence-electron chi connectivity index (χ1n) is 6.68. The van der Waals surface area contributed by atoms with Crippen molar-refractivity contribution in [2.75, 3.05) is 0 Å². The Bertz CT molecular complexity index is 535. The van der Waals surface area contributed by atoms with Crippen LogP contribution in [0, 0.1) is 0 Å². The summed E-state index contributed by atoms with van der Waals surface area (Å²) in [4.78, 5) is 14.7. The molecule has 110 valence electrons. The van der Waals surface area contributed by atoms with Gasteiger partial charge in [-0.05, 0) is 19.6 Å². The molecule has 0 spiro atoms. The van der Waals surface area contributed by atoms with Crippen LogP contribution in [-0.4, -0.2) is 28.3 Å². The van der Waals surface area contributed by atoms with Gasteiger partial charge in [-0.2, -0.15) is 0 Å². The van der Waals surface area contributed by atoms with Gasteiger partial charge in [0.15, 0.2) is 8.24 Å². The van der Waals surface area contributed by atoms with Crippen LogP contribution in [0.3, 0.4) is 0 Å². The molecular weight excluding hydrogens is 291 g/mol. The van der Waals surface area contributed by atoms with E-state index in [0.717, 1.165) is 0 Å². The number of nitrogens with one attached hydrogen (secondary N) is 1. The van der Waals surface area contributed by atoms with Crippen LogP contribution in [0.4, 0.5) is 0 Å². The Hall–Kier alpha value is -0.809. The molecule has 0 aromatic heterocycles. The number of amidine groups is 1. The summed E-state index contributed by atoms with van der Waals surface area (Å²) in [5, 5.41) is 11.3. The van der Waals surface area contributed by atoms with Crippen molar-refractivity contribution >= 4 is 28.3 Å². The standard InChI is InChI=1S/C14H24N2O2Si2.Li/c1-19(2,3)15-13(16-20(4,5)6)11-9-7-8-10-12(11)14(17)18;/h7-10H,1-6H3,(H,15,16)(H,17,18);/q;+1/p-1. The number of rotatable bonds is 4. The second kappa shape index (κ2) is 7.45. The van der Waals surface area contributed by atoms with Gasteiger partial charge in [-0.3, -0.25) is 0 Å². The number of hydrogen-bond donors (Lipinski definition) is 1. The summed E-state index contributed by atoms with van der Waals surface area (Å²) in [6.07, 6.45) is 0. The van der Waals surface area contributed by atoms with Gasteiger partial charge in [0.05, 0.1) is 5.97 Å². The van der Waals surface area contributed by atoms with Crippen LogP contribution in [0.5, 0.6) is 0 Å². The van der Waals surface area contributed by atoms with Gasteiger partial charge in [-0.15, -0.1) is 0 Å². The Morgan fingerprint density at radius 3 is 1.90 bits per heavy atom. The number of aromatic carboxylic acids is 1. The predicted octanol–water partition coefficient (Wildman–Crippen LogP) is -0.940. The SMILES string of the molecule is C[Si](C)(C)N=C(N[Si](C)(C)C)c1ccccc1C(=O)[O-].[Li+]. The van der Waals surface area contributed by atoms with E-state index in [1.54, 1.807) is 18.2 Å². The van der Waals surface area contributed by atoms with Gasteiger partial charge in [0.2, 0.25) is 0 Å². The van der Waals surface area contributed by atoms with Crippen molar-refractivity contribution in [3.63, 3.8) is 0 Å². The van der Waals surface area contributed by atoms with Crippen LogP contribution in [0.15, 0.2) is 28.9 Å². The normalized spacial score (nSPS) is 12.6. The van der Waals surface area contributed by atoms with Gasteiger partial charge in [0, 0.05) is 11.1 Å². The Balaban J connectivity index is 0.00000400. The maximum Gasteiger partial charge on any atom is 1.00 e. The van der Waals surface area contributed by atoms with Crippen molar-refractivity contribution in [3.8, 4) is 0 Å². The molecule has 1 N–H and O–H groups in total. The molecule has 0 unspecified atom stereocenters. The van der Waals surface area contributed by atoms with E-state index in [2.05, 4.69) is 44.3 Å². The molecule has 4 nitrogen and oxygen atoms in total. The van der Waals surface area contributed by atoms with Crippen LogP contribution in [-0.2, 0) is 0 Å². The van der Waals surface area contributed by atoms with Crippen LogP contribution in [0.25, 0.3) is 0 Å². The molecule has 0 heterocycles. The molecule has 0 amide bonds. The molecule has 1 aromatic rings. The van der Waals surface area contributed by atoms with Gasteiger partial charge in [0.25, 0.3) is 0 Å². The zero-order chi connectivity index (χ0) is 15.6. The predicted molar refractivity (Wildman–Crippen MR) is 87.1 cm³/mol. The van der Waals surface area contributed by atoms with Crippen molar-refractivity contribution < 1.29 is 28.8 Å². The molecule has 0 saturated heterocycles. The first-order chi connectivity index (χ1) is 8.99. The van der Waals surface area contributed by atoms with E-state index < -0.39 is 22.4 Å². The smallest absolute Gasteiger partial charge is 0.545 e. The summed E-state index contributed by atoms with van der Waals surface area (Å²) in [6.45, 7) is 12.9. The molecule has 0 aliphatic rings. The maximum atomic E-state index is 11.3. The van der Waals surface area contributed by atoms with Gasteiger partial charge in [-0.25, -0.2) is 0 Å². The van der Waals surface area contributed by atoms with Crippen molar-refractivity contribution in [1.29, 1.82) is 0 Å². The number of carbonyl (C=O) groups is 1. The molecule has 0 aliphatic carbocycles. The second-order valence-corrected chi connectivity index (χ2v) is 16.2. The van der Waals surface area contributed by atoms with Gasteiger partial charge < -0.3 is 19.5 Å². The summed E-state index contributed by atoms with van der Waals surface area (Å²) >= 11 is 0. The first kappa shape index (κ1) is 20.2. The van der Waals surface area contributed by atoms with Crippen molar-refractivity contribution in [2.45, 2.75) is 39.3 Å². The van der Waals surface area contributed by atoms with E-state index in [1.165, 1.54) is 0 Å². The van der Waals surface area contributed by atoms with E-state index in [1.807, 2.05) is 6.07 Å². The Morgan fingerprint density at radius 1 is 1.05 bits per heavy atom. The molecule has 0 saturated carbocycles. The van der Waals surface area contributed by atoms with Crippen LogP contribution < -0.4 is 28.9 Å². The molecule has 21 heavy (non-hydrogen) atoms. The Kier molecular flexibility index (Phi) is 7.17. The maximum absolute atomic E-state index is 11.3. The summed E-state index contributed by atoms with van der Waals surface area (Å²) in [6, 6.07) is 6.89. The van der Waals surface area contributed by atoms with Gasteiger partial charge in [-0.1, -0.05) is 43.9 Å². The van der Waals surface area contributed by atoms with Gasteiger partial charge >= 0.3 is 18.9 Å². The molecule has 0 fully saturated rings. The summed E-state index contributed by atoms with van der Waals surface area (Å²) in [5.74, 6) is -0.468.